The third-order valence-electron chi connectivity index (χ3n) is 1.89. The molecule has 3 N–H and O–H groups in total. The van der Waals surface area contributed by atoms with Crippen LogP contribution in [-0.4, -0.2) is 34.0 Å². The smallest absolute Gasteiger partial charge is 0.321 e. The van der Waals surface area contributed by atoms with Gasteiger partial charge in [0.25, 0.3) is 0 Å². The first-order chi connectivity index (χ1) is 7.61. The average Bonchev–Trinajstić information content (AvgIpc) is 2.68. The van der Waals surface area contributed by atoms with E-state index in [-0.39, 0.29) is 18.7 Å². The summed E-state index contributed by atoms with van der Waals surface area (Å²) < 4.78 is 0. The average molecular weight is 244 g/mol. The second-order valence-electron chi connectivity index (χ2n) is 3.85. The van der Waals surface area contributed by atoms with Crippen molar-refractivity contribution in [1.29, 1.82) is 0 Å². The number of amides is 2. The highest BCUT2D eigenvalue weighted by molar-refractivity contribution is 7.13. The zero-order valence-electron chi connectivity index (χ0n) is 9.30. The van der Waals surface area contributed by atoms with E-state index in [2.05, 4.69) is 20.8 Å². The van der Waals surface area contributed by atoms with Crippen molar-refractivity contribution >= 4 is 22.5 Å². The predicted molar refractivity (Wildman–Crippen MR) is 62.4 cm³/mol. The van der Waals surface area contributed by atoms with E-state index >= 15 is 0 Å². The van der Waals surface area contributed by atoms with Gasteiger partial charge >= 0.3 is 6.03 Å². The molecule has 0 saturated carbocycles. The van der Waals surface area contributed by atoms with Crippen molar-refractivity contribution in [2.75, 3.05) is 11.9 Å². The van der Waals surface area contributed by atoms with Crippen molar-refractivity contribution in [3.05, 3.63) is 5.51 Å². The SMILES string of the molecule is CC(C)CC(CO)NC(=O)Nc1nncs1. The van der Waals surface area contributed by atoms with Gasteiger partial charge < -0.3 is 10.4 Å². The van der Waals surface area contributed by atoms with Crippen LogP contribution in [0.3, 0.4) is 0 Å². The largest absolute Gasteiger partial charge is 0.394 e. The van der Waals surface area contributed by atoms with Gasteiger partial charge in [-0.15, -0.1) is 10.2 Å². The number of aliphatic hydroxyl groups excluding tert-OH is 1. The van der Waals surface area contributed by atoms with Crippen LogP contribution in [0.5, 0.6) is 0 Å². The summed E-state index contributed by atoms with van der Waals surface area (Å²) in [6.45, 7) is 4.00. The summed E-state index contributed by atoms with van der Waals surface area (Å²) in [4.78, 5) is 11.5. The number of rotatable bonds is 5. The van der Waals surface area contributed by atoms with Crippen LogP contribution in [0, 0.1) is 5.92 Å². The number of carbonyl (C=O) groups excluding carboxylic acids is 1. The fraction of sp³-hybridized carbons (Fsp3) is 0.667. The highest BCUT2D eigenvalue weighted by atomic mass is 32.1. The molecule has 0 aliphatic carbocycles. The molecule has 0 saturated heterocycles. The fourth-order valence-electron chi connectivity index (χ4n) is 1.29. The van der Waals surface area contributed by atoms with Gasteiger partial charge in [0.15, 0.2) is 0 Å². The quantitative estimate of drug-likeness (QED) is 0.723. The third-order valence-corrected chi connectivity index (χ3v) is 2.50. The molecule has 2 amide bonds. The summed E-state index contributed by atoms with van der Waals surface area (Å²) >= 11 is 1.24. The van der Waals surface area contributed by atoms with Gasteiger partial charge in [-0.25, -0.2) is 4.79 Å². The van der Waals surface area contributed by atoms with Crippen LogP contribution in [0.1, 0.15) is 20.3 Å². The van der Waals surface area contributed by atoms with Gasteiger partial charge in [-0.05, 0) is 12.3 Å². The van der Waals surface area contributed by atoms with Crippen molar-refractivity contribution in [2.24, 2.45) is 5.92 Å². The minimum absolute atomic E-state index is 0.0677. The van der Waals surface area contributed by atoms with Crippen LogP contribution in [0.2, 0.25) is 0 Å². The summed E-state index contributed by atoms with van der Waals surface area (Å²) in [6, 6.07) is -0.593. The monoisotopic (exact) mass is 244 g/mol. The first-order valence-electron chi connectivity index (χ1n) is 5.06. The van der Waals surface area contributed by atoms with E-state index < -0.39 is 0 Å². The van der Waals surface area contributed by atoms with Crippen molar-refractivity contribution in [1.82, 2.24) is 15.5 Å². The Bertz CT molecular complexity index is 315. The van der Waals surface area contributed by atoms with E-state index in [4.69, 9.17) is 5.11 Å². The van der Waals surface area contributed by atoms with Crippen molar-refractivity contribution in [2.45, 2.75) is 26.3 Å². The fourth-order valence-corrected chi connectivity index (χ4v) is 1.73. The molecule has 7 heteroatoms. The Morgan fingerprint density at radius 1 is 1.62 bits per heavy atom. The molecule has 0 fully saturated rings. The maximum absolute atomic E-state index is 11.5. The molecule has 0 aliphatic rings. The normalized spacial score (nSPS) is 12.5. The van der Waals surface area contributed by atoms with Crippen LogP contribution >= 0.6 is 11.3 Å². The van der Waals surface area contributed by atoms with Crippen molar-refractivity contribution < 1.29 is 9.90 Å². The number of hydrogen-bond acceptors (Lipinski definition) is 5. The molecule has 6 nitrogen and oxygen atoms in total. The van der Waals surface area contributed by atoms with E-state index in [0.29, 0.717) is 11.0 Å². The third kappa shape index (κ3) is 4.54. The topological polar surface area (TPSA) is 87.1 Å². The van der Waals surface area contributed by atoms with E-state index in [1.807, 2.05) is 13.8 Å². The maximum atomic E-state index is 11.5. The lowest BCUT2D eigenvalue weighted by Crippen LogP contribution is -2.40. The lowest BCUT2D eigenvalue weighted by atomic mass is 10.0. The summed E-state index contributed by atoms with van der Waals surface area (Å²) in [7, 11) is 0. The van der Waals surface area contributed by atoms with Crippen molar-refractivity contribution in [3.8, 4) is 0 Å². The number of nitrogens with one attached hydrogen (secondary N) is 2. The molecule has 1 heterocycles. The summed E-state index contributed by atoms with van der Waals surface area (Å²) in [5.74, 6) is 0.416. The van der Waals surface area contributed by atoms with Gasteiger partial charge in [0, 0.05) is 0 Å². The van der Waals surface area contributed by atoms with E-state index in [0.717, 1.165) is 6.42 Å². The van der Waals surface area contributed by atoms with Gasteiger partial charge in [0.1, 0.15) is 5.51 Å². The lowest BCUT2D eigenvalue weighted by Gasteiger charge is -2.17. The van der Waals surface area contributed by atoms with Gasteiger partial charge in [-0.3, -0.25) is 5.32 Å². The number of hydrogen-bond donors (Lipinski definition) is 3. The highest BCUT2D eigenvalue weighted by Gasteiger charge is 2.13. The first kappa shape index (κ1) is 12.9. The van der Waals surface area contributed by atoms with Crippen LogP contribution in [0.25, 0.3) is 0 Å². The molecule has 1 atom stereocenters. The highest BCUT2D eigenvalue weighted by Crippen LogP contribution is 2.08. The number of urea groups is 1. The molecule has 1 unspecified atom stereocenters. The standard InChI is InChI=1S/C9H16N4O2S/c1-6(2)3-7(4-14)11-8(15)12-9-13-10-5-16-9/h5-7,14H,3-4H2,1-2H3,(H2,11,12,13,15). The zero-order valence-corrected chi connectivity index (χ0v) is 10.1. The minimum Gasteiger partial charge on any atom is -0.394 e. The Morgan fingerprint density at radius 2 is 2.38 bits per heavy atom. The molecule has 16 heavy (non-hydrogen) atoms. The number of nitrogens with zero attached hydrogens (tertiary/aromatic N) is 2. The Morgan fingerprint density at radius 3 is 2.88 bits per heavy atom. The molecular formula is C9H16N4O2S. The predicted octanol–water partition coefficient (Wildman–Crippen LogP) is 1.07. The van der Waals surface area contributed by atoms with Crippen molar-refractivity contribution in [3.63, 3.8) is 0 Å². The van der Waals surface area contributed by atoms with E-state index in [1.165, 1.54) is 16.8 Å². The van der Waals surface area contributed by atoms with E-state index in [1.54, 1.807) is 0 Å². The molecule has 90 valence electrons. The Kier molecular flexibility index (Phi) is 5.13. The second kappa shape index (κ2) is 6.39. The van der Waals surface area contributed by atoms with E-state index in [9.17, 15) is 4.79 Å². The molecule has 1 aromatic rings. The minimum atomic E-state index is -0.364. The van der Waals surface area contributed by atoms with Gasteiger partial charge in [0.2, 0.25) is 5.13 Å². The Labute approximate surface area is 98.1 Å². The van der Waals surface area contributed by atoms with Gasteiger partial charge in [0.05, 0.1) is 12.6 Å². The summed E-state index contributed by atoms with van der Waals surface area (Å²) in [5, 5.41) is 22.0. The van der Waals surface area contributed by atoms with Crippen LogP contribution in [0.4, 0.5) is 9.93 Å². The van der Waals surface area contributed by atoms with Crippen LogP contribution in [-0.2, 0) is 0 Å². The molecule has 0 radical (unpaired) electrons. The molecule has 0 aromatic carbocycles. The molecule has 1 aromatic heterocycles. The molecular weight excluding hydrogens is 228 g/mol. The maximum Gasteiger partial charge on any atom is 0.321 e. The number of aliphatic hydroxyl groups is 1. The summed E-state index contributed by atoms with van der Waals surface area (Å²) in [5.41, 5.74) is 1.53. The van der Waals surface area contributed by atoms with Crippen LogP contribution in [0.15, 0.2) is 5.51 Å². The number of anilines is 1. The molecule has 0 aliphatic heterocycles. The van der Waals surface area contributed by atoms with Gasteiger partial charge in [-0.1, -0.05) is 25.2 Å². The lowest BCUT2D eigenvalue weighted by molar-refractivity contribution is 0.214. The molecule has 0 spiro atoms. The number of aromatic nitrogens is 2. The summed E-state index contributed by atoms with van der Waals surface area (Å²) in [6.07, 6.45) is 0.736. The Hall–Kier alpha value is -1.21. The second-order valence-corrected chi connectivity index (χ2v) is 4.68. The van der Waals surface area contributed by atoms with Crippen LogP contribution < -0.4 is 10.6 Å². The number of carbonyl (C=O) groups is 1. The van der Waals surface area contributed by atoms with Gasteiger partial charge in [-0.2, -0.15) is 0 Å². The Balaban J connectivity index is 2.37. The molecule has 1 rings (SSSR count). The zero-order chi connectivity index (χ0) is 12.0. The molecule has 0 bridgehead atoms. The first-order valence-corrected chi connectivity index (χ1v) is 5.94.